The highest BCUT2D eigenvalue weighted by atomic mass is 35.5. The molecule has 0 radical (unpaired) electrons. The molecule has 0 fully saturated rings. The molecule has 0 spiro atoms. The Bertz CT molecular complexity index is 659. The zero-order chi connectivity index (χ0) is 14.7. The molecule has 0 atom stereocenters. The second kappa shape index (κ2) is 5.88. The first-order valence-corrected chi connectivity index (χ1v) is 6.43. The van der Waals surface area contributed by atoms with Crippen molar-refractivity contribution >= 4 is 17.6 Å². The highest BCUT2D eigenvalue weighted by Gasteiger charge is 2.13. The smallest absolute Gasteiger partial charge is 0.356 e. The summed E-state index contributed by atoms with van der Waals surface area (Å²) in [6, 6.07) is 6.58. The van der Waals surface area contributed by atoms with E-state index in [2.05, 4.69) is 9.97 Å². The van der Waals surface area contributed by atoms with Crippen LogP contribution in [0.25, 0.3) is 0 Å². The van der Waals surface area contributed by atoms with E-state index in [1.54, 1.807) is 6.07 Å². The van der Waals surface area contributed by atoms with Crippen LogP contribution in [0.15, 0.2) is 24.3 Å². The van der Waals surface area contributed by atoms with E-state index >= 15 is 0 Å². The molecule has 0 aliphatic heterocycles. The molecule has 0 unspecified atom stereocenters. The van der Waals surface area contributed by atoms with Gasteiger partial charge in [-0.25, -0.2) is 9.78 Å². The minimum absolute atomic E-state index is 0.0718. The predicted molar refractivity (Wildman–Crippen MR) is 74.6 cm³/mol. The van der Waals surface area contributed by atoms with Crippen LogP contribution >= 0.6 is 11.6 Å². The van der Waals surface area contributed by atoms with Gasteiger partial charge < -0.3 is 9.84 Å². The molecule has 0 aliphatic rings. The molecular formula is C14H13ClN2O3. The molecule has 0 saturated carbocycles. The fourth-order valence-electron chi connectivity index (χ4n) is 1.69. The summed E-state index contributed by atoms with van der Waals surface area (Å²) in [7, 11) is 0. The third-order valence-corrected chi connectivity index (χ3v) is 2.95. The lowest BCUT2D eigenvalue weighted by Crippen LogP contribution is -2.03. The van der Waals surface area contributed by atoms with E-state index in [1.165, 1.54) is 12.1 Å². The van der Waals surface area contributed by atoms with Gasteiger partial charge in [-0.2, -0.15) is 0 Å². The molecular weight excluding hydrogens is 280 g/mol. The largest absolute Gasteiger partial charge is 0.476 e. The maximum Gasteiger partial charge on any atom is 0.356 e. The Morgan fingerprint density at radius 3 is 2.70 bits per heavy atom. The summed E-state index contributed by atoms with van der Waals surface area (Å²) in [6.07, 6.45) is 0.705. The van der Waals surface area contributed by atoms with E-state index in [-0.39, 0.29) is 16.6 Å². The van der Waals surface area contributed by atoms with E-state index in [4.69, 9.17) is 21.4 Å². The summed E-state index contributed by atoms with van der Waals surface area (Å²) in [6.45, 7) is 3.86. The summed E-state index contributed by atoms with van der Waals surface area (Å²) in [4.78, 5) is 19.2. The number of carboxylic acid groups (broad SMARTS) is 1. The van der Waals surface area contributed by atoms with Crippen LogP contribution in [0, 0.1) is 6.92 Å². The van der Waals surface area contributed by atoms with Crippen LogP contribution in [-0.4, -0.2) is 21.0 Å². The third kappa shape index (κ3) is 3.05. The maximum absolute atomic E-state index is 11.0. The molecule has 20 heavy (non-hydrogen) atoms. The minimum Gasteiger partial charge on any atom is -0.476 e. The minimum atomic E-state index is -1.20. The van der Waals surface area contributed by atoms with Crippen LogP contribution in [0.5, 0.6) is 11.6 Å². The van der Waals surface area contributed by atoms with Crippen molar-refractivity contribution in [2.24, 2.45) is 0 Å². The Balaban J connectivity index is 2.35. The van der Waals surface area contributed by atoms with Gasteiger partial charge in [-0.3, -0.25) is 4.98 Å². The Labute approximate surface area is 121 Å². The van der Waals surface area contributed by atoms with Gasteiger partial charge in [0.05, 0.1) is 10.7 Å². The number of rotatable bonds is 4. The van der Waals surface area contributed by atoms with Gasteiger partial charge in [0.1, 0.15) is 0 Å². The van der Waals surface area contributed by atoms with Gasteiger partial charge in [0.25, 0.3) is 0 Å². The molecule has 2 aromatic rings. The number of hydrogen-bond donors (Lipinski definition) is 1. The molecule has 2 aromatic heterocycles. The van der Waals surface area contributed by atoms with E-state index in [0.717, 1.165) is 11.4 Å². The van der Waals surface area contributed by atoms with Crippen molar-refractivity contribution in [3.8, 4) is 11.6 Å². The second-order valence-corrected chi connectivity index (χ2v) is 4.55. The normalized spacial score (nSPS) is 10.3. The number of pyridine rings is 2. The molecule has 0 amide bonds. The fourth-order valence-corrected chi connectivity index (χ4v) is 1.87. The fraction of sp³-hybridized carbons (Fsp3) is 0.214. The van der Waals surface area contributed by atoms with Gasteiger partial charge in [0, 0.05) is 11.8 Å². The van der Waals surface area contributed by atoms with Crippen molar-refractivity contribution in [2.45, 2.75) is 20.3 Å². The SMILES string of the molecule is CCc1nc(C)ccc1Oc1ccc(Cl)c(C(=O)O)n1. The van der Waals surface area contributed by atoms with Crippen LogP contribution in [0.4, 0.5) is 0 Å². The van der Waals surface area contributed by atoms with E-state index in [0.29, 0.717) is 12.2 Å². The molecule has 2 rings (SSSR count). The average molecular weight is 293 g/mol. The molecule has 6 heteroatoms. The lowest BCUT2D eigenvalue weighted by Gasteiger charge is -2.10. The maximum atomic E-state index is 11.0. The van der Waals surface area contributed by atoms with E-state index < -0.39 is 5.97 Å². The standard InChI is InChI=1S/C14H13ClN2O3/c1-3-10-11(6-4-8(2)16-10)20-12-7-5-9(15)13(17-12)14(18)19/h4-7H,3H2,1-2H3,(H,18,19). The van der Waals surface area contributed by atoms with Gasteiger partial charge in [-0.05, 0) is 31.5 Å². The highest BCUT2D eigenvalue weighted by molar-refractivity contribution is 6.33. The summed E-state index contributed by atoms with van der Waals surface area (Å²) in [5.74, 6) is -0.463. The first kappa shape index (κ1) is 14.3. The van der Waals surface area contributed by atoms with Gasteiger partial charge in [0.15, 0.2) is 11.4 Å². The zero-order valence-electron chi connectivity index (χ0n) is 11.1. The van der Waals surface area contributed by atoms with Crippen molar-refractivity contribution in [1.82, 2.24) is 9.97 Å². The highest BCUT2D eigenvalue weighted by Crippen LogP contribution is 2.25. The number of carbonyl (C=O) groups is 1. The number of hydrogen-bond acceptors (Lipinski definition) is 4. The van der Waals surface area contributed by atoms with Gasteiger partial charge in [-0.15, -0.1) is 0 Å². The Morgan fingerprint density at radius 1 is 1.30 bits per heavy atom. The molecule has 0 saturated heterocycles. The number of aromatic nitrogens is 2. The Morgan fingerprint density at radius 2 is 2.05 bits per heavy atom. The molecule has 1 N–H and O–H groups in total. The van der Waals surface area contributed by atoms with E-state index in [9.17, 15) is 4.79 Å². The number of carboxylic acids is 1. The van der Waals surface area contributed by atoms with Crippen molar-refractivity contribution in [3.63, 3.8) is 0 Å². The first-order chi connectivity index (χ1) is 9.51. The molecule has 2 heterocycles. The van der Waals surface area contributed by atoms with Crippen LogP contribution in [0.2, 0.25) is 5.02 Å². The number of halogens is 1. The van der Waals surface area contributed by atoms with Crippen molar-refractivity contribution in [3.05, 3.63) is 46.4 Å². The van der Waals surface area contributed by atoms with Gasteiger partial charge in [0.2, 0.25) is 5.88 Å². The average Bonchev–Trinajstić information content (AvgIpc) is 2.42. The summed E-state index contributed by atoms with van der Waals surface area (Å²) < 4.78 is 5.61. The zero-order valence-corrected chi connectivity index (χ0v) is 11.8. The lowest BCUT2D eigenvalue weighted by atomic mass is 10.2. The van der Waals surface area contributed by atoms with Crippen molar-refractivity contribution in [2.75, 3.05) is 0 Å². The third-order valence-electron chi connectivity index (χ3n) is 2.64. The van der Waals surface area contributed by atoms with Crippen LogP contribution in [0.3, 0.4) is 0 Å². The predicted octanol–water partition coefficient (Wildman–Crippen LogP) is 3.49. The van der Waals surface area contributed by atoms with Crippen LogP contribution < -0.4 is 4.74 Å². The monoisotopic (exact) mass is 292 g/mol. The molecule has 0 aromatic carbocycles. The van der Waals surface area contributed by atoms with Gasteiger partial charge >= 0.3 is 5.97 Å². The lowest BCUT2D eigenvalue weighted by molar-refractivity contribution is 0.0690. The summed E-state index contributed by atoms with van der Waals surface area (Å²) >= 11 is 5.76. The molecule has 0 aliphatic carbocycles. The van der Waals surface area contributed by atoms with Crippen molar-refractivity contribution in [1.29, 1.82) is 0 Å². The molecule has 104 valence electrons. The van der Waals surface area contributed by atoms with Crippen LogP contribution in [-0.2, 0) is 6.42 Å². The number of nitrogens with zero attached hydrogens (tertiary/aromatic N) is 2. The first-order valence-electron chi connectivity index (χ1n) is 6.05. The van der Waals surface area contributed by atoms with Crippen molar-refractivity contribution < 1.29 is 14.6 Å². The molecule has 0 bridgehead atoms. The van der Waals surface area contributed by atoms with E-state index in [1.807, 2.05) is 19.9 Å². The topological polar surface area (TPSA) is 72.3 Å². The Hall–Kier alpha value is -2.14. The second-order valence-electron chi connectivity index (χ2n) is 4.14. The van der Waals surface area contributed by atoms with Gasteiger partial charge in [-0.1, -0.05) is 18.5 Å². The van der Waals surface area contributed by atoms with Crippen LogP contribution in [0.1, 0.15) is 28.8 Å². The molecule has 5 nitrogen and oxygen atoms in total. The summed E-state index contributed by atoms with van der Waals surface area (Å²) in [5.41, 5.74) is 1.45. The number of aromatic carboxylic acids is 1. The summed E-state index contributed by atoms with van der Waals surface area (Å²) in [5, 5.41) is 9.05. The Kier molecular flexibility index (Phi) is 4.20. The number of ether oxygens (including phenoxy) is 1. The number of aryl methyl sites for hydroxylation is 2. The quantitative estimate of drug-likeness (QED) is 0.934.